The van der Waals surface area contributed by atoms with Gasteiger partial charge in [-0.05, 0) is 59.9 Å². The fourth-order valence-corrected chi connectivity index (χ4v) is 9.28. The molecule has 4 aliphatic heterocycles. The molecule has 4 aliphatic rings. The topological polar surface area (TPSA) is 74.6 Å². The first kappa shape index (κ1) is 19.0. The standard InChI is InChI=1S/C27H22N4OS/c1-31-24-27(30-25(31)29)21-14-20(19-7-4-5-17(13-19)15-28)9-10-22(21)32-26(27)12-11-18-6-2-3-8-23(18)33(24)16-26/h2-10,13-14H,11-12,16H2,1H3,(H2,29,30). The molecule has 4 heterocycles. The van der Waals surface area contributed by atoms with Gasteiger partial charge in [0.2, 0.25) is 0 Å². The Morgan fingerprint density at radius 2 is 1.94 bits per heavy atom. The van der Waals surface area contributed by atoms with Gasteiger partial charge >= 0.3 is 0 Å². The lowest BCUT2D eigenvalue weighted by Gasteiger charge is -2.35. The molecule has 0 saturated heterocycles. The van der Waals surface area contributed by atoms with Gasteiger partial charge in [-0.1, -0.05) is 36.4 Å². The zero-order valence-electron chi connectivity index (χ0n) is 18.2. The third kappa shape index (κ3) is 2.23. The van der Waals surface area contributed by atoms with Crippen molar-refractivity contribution >= 4 is 21.4 Å². The number of nitriles is 1. The highest BCUT2D eigenvalue weighted by atomic mass is 32.2. The summed E-state index contributed by atoms with van der Waals surface area (Å²) in [6.07, 6.45) is 1.87. The Labute approximate surface area is 195 Å². The summed E-state index contributed by atoms with van der Waals surface area (Å²) in [6.45, 7) is 0. The van der Waals surface area contributed by atoms with Crippen LogP contribution in [0.1, 0.15) is 23.1 Å². The summed E-state index contributed by atoms with van der Waals surface area (Å²) in [6, 6.07) is 25.2. The first-order valence-corrected chi connectivity index (χ1v) is 12.6. The minimum atomic E-state index is -0.597. The number of hydrogen-bond acceptors (Lipinski definition) is 5. The molecule has 3 unspecified atom stereocenters. The van der Waals surface area contributed by atoms with Crippen LogP contribution in [0.25, 0.3) is 11.1 Å². The van der Waals surface area contributed by atoms with Crippen molar-refractivity contribution in [1.29, 1.82) is 5.26 Å². The number of nitrogens with zero attached hydrogens (tertiary/aromatic N) is 3. The maximum Gasteiger partial charge on any atom is 0.197 e. The second kappa shape index (κ2) is 6.27. The Hall–Kier alpha value is -3.56. The number of guanidine groups is 1. The van der Waals surface area contributed by atoms with Crippen LogP contribution in [0.2, 0.25) is 0 Å². The molecule has 0 aromatic heterocycles. The van der Waals surface area contributed by atoms with Crippen molar-refractivity contribution in [1.82, 2.24) is 4.90 Å². The van der Waals surface area contributed by atoms with Gasteiger partial charge in [0.1, 0.15) is 5.75 Å². The monoisotopic (exact) mass is 450 g/mol. The molecule has 0 fully saturated rings. The van der Waals surface area contributed by atoms with Gasteiger partial charge in [0.05, 0.1) is 16.6 Å². The second-order valence-electron chi connectivity index (χ2n) is 9.19. The quantitative estimate of drug-likeness (QED) is 0.563. The Morgan fingerprint density at radius 1 is 1.09 bits per heavy atom. The fraction of sp³-hybridized carbons (Fsp3) is 0.222. The first-order chi connectivity index (χ1) is 16.1. The molecule has 2 N–H and O–H groups in total. The van der Waals surface area contributed by atoms with Crippen LogP contribution in [0, 0.1) is 11.3 Å². The van der Waals surface area contributed by atoms with Crippen LogP contribution < -0.4 is 10.5 Å². The lowest BCUT2D eigenvalue weighted by Crippen LogP contribution is -2.53. The van der Waals surface area contributed by atoms with Crippen molar-refractivity contribution < 1.29 is 4.74 Å². The van der Waals surface area contributed by atoms with E-state index < -0.39 is 11.1 Å². The summed E-state index contributed by atoms with van der Waals surface area (Å²) in [5, 5.41) is 9.37. The average molecular weight is 451 g/mol. The maximum absolute atomic E-state index is 9.37. The van der Waals surface area contributed by atoms with Crippen molar-refractivity contribution in [2.24, 2.45) is 10.7 Å². The molecule has 0 amide bonds. The van der Waals surface area contributed by atoms with Gasteiger partial charge in [-0.25, -0.2) is 4.99 Å². The van der Waals surface area contributed by atoms with Crippen LogP contribution in [-0.2, 0) is 12.0 Å². The predicted molar refractivity (Wildman–Crippen MR) is 132 cm³/mol. The molecule has 2 spiro atoms. The van der Waals surface area contributed by atoms with Crippen LogP contribution in [-0.4, -0.2) is 34.2 Å². The molecule has 3 aromatic rings. The minimum absolute atomic E-state index is 0.137. The van der Waals surface area contributed by atoms with Crippen LogP contribution in [0.5, 0.6) is 5.75 Å². The number of hydrogen-bond donors (Lipinski definition) is 1. The van der Waals surface area contributed by atoms with Crippen LogP contribution in [0.15, 0.2) is 76.6 Å². The molecular weight excluding hydrogens is 428 g/mol. The van der Waals surface area contributed by atoms with Gasteiger partial charge in [0.25, 0.3) is 0 Å². The van der Waals surface area contributed by atoms with Crippen molar-refractivity contribution in [2.75, 3.05) is 12.8 Å². The summed E-state index contributed by atoms with van der Waals surface area (Å²) in [5.41, 5.74) is 10.7. The Morgan fingerprint density at radius 3 is 2.82 bits per heavy atom. The third-order valence-electron chi connectivity index (χ3n) is 7.55. The highest BCUT2D eigenvalue weighted by molar-refractivity contribution is 8.16. The Kier molecular flexibility index (Phi) is 3.60. The van der Waals surface area contributed by atoms with Gasteiger partial charge in [0.15, 0.2) is 17.1 Å². The van der Waals surface area contributed by atoms with E-state index in [-0.39, 0.29) is 10.5 Å². The van der Waals surface area contributed by atoms with E-state index in [0.717, 1.165) is 41.0 Å². The number of aryl methyl sites for hydroxylation is 1. The molecular formula is C27H22N4OS. The number of fused-ring (bicyclic) bond motifs is 4. The summed E-state index contributed by atoms with van der Waals surface area (Å²) in [7, 11) is 1.91. The molecule has 6 heteroatoms. The highest BCUT2D eigenvalue weighted by Crippen LogP contribution is 2.65. The molecule has 33 heavy (non-hydrogen) atoms. The number of likely N-dealkylation sites (N-methyl/N-ethyl adjacent to an activating group) is 1. The lowest BCUT2D eigenvalue weighted by atomic mass is 9.74. The third-order valence-corrected chi connectivity index (χ3v) is 10.3. The zero-order chi connectivity index (χ0) is 22.4. The van der Waals surface area contributed by atoms with E-state index in [2.05, 4.69) is 53.4 Å². The van der Waals surface area contributed by atoms with Gasteiger partial charge < -0.3 is 15.4 Å². The smallest absolute Gasteiger partial charge is 0.197 e. The predicted octanol–water partition coefficient (Wildman–Crippen LogP) is 4.23. The van der Waals surface area contributed by atoms with E-state index in [1.165, 1.54) is 15.4 Å². The van der Waals surface area contributed by atoms with Gasteiger partial charge in [-0.2, -0.15) is 5.26 Å². The molecule has 0 saturated carbocycles. The van der Waals surface area contributed by atoms with E-state index in [9.17, 15) is 5.26 Å². The number of ether oxygens (including phenoxy) is 1. The summed E-state index contributed by atoms with van der Waals surface area (Å²) in [4.78, 5) is 9.96. The Balaban J connectivity index is 1.50. The largest absolute Gasteiger partial charge is 0.483 e. The normalized spacial score (nSPS) is 28.1. The van der Waals surface area contributed by atoms with E-state index in [4.69, 9.17) is 15.5 Å². The SMILES string of the molecule is CN1C(N)=NC23C1=S1CC2(CCc2ccccc21)Oc1ccc(-c2cccc(C#N)c2)cc13. The molecule has 0 aliphatic carbocycles. The van der Waals surface area contributed by atoms with Crippen LogP contribution in [0.4, 0.5) is 0 Å². The number of nitrogens with two attached hydrogens (primary N) is 1. The maximum atomic E-state index is 9.37. The average Bonchev–Trinajstić information content (AvgIpc) is 3.31. The molecule has 2 bridgehead atoms. The van der Waals surface area contributed by atoms with E-state index in [0.29, 0.717) is 11.5 Å². The minimum Gasteiger partial charge on any atom is -0.483 e. The Bertz CT molecular complexity index is 1490. The van der Waals surface area contributed by atoms with Crippen molar-refractivity contribution in [3.63, 3.8) is 0 Å². The summed E-state index contributed by atoms with van der Waals surface area (Å²) < 4.78 is 6.88. The highest BCUT2D eigenvalue weighted by Gasteiger charge is 2.71. The summed E-state index contributed by atoms with van der Waals surface area (Å²) in [5.74, 6) is 2.38. The van der Waals surface area contributed by atoms with Gasteiger partial charge in [-0.3, -0.25) is 0 Å². The second-order valence-corrected chi connectivity index (χ2v) is 11.1. The zero-order valence-corrected chi connectivity index (χ0v) is 19.0. The van der Waals surface area contributed by atoms with E-state index >= 15 is 0 Å². The van der Waals surface area contributed by atoms with Crippen LogP contribution in [0.3, 0.4) is 0 Å². The molecule has 162 valence electrons. The number of benzene rings is 3. The molecule has 3 atom stereocenters. The molecule has 3 aromatic carbocycles. The number of rotatable bonds is 1. The van der Waals surface area contributed by atoms with Crippen molar-refractivity contribution in [3.8, 4) is 22.9 Å². The first-order valence-electron chi connectivity index (χ1n) is 11.2. The fourth-order valence-electron chi connectivity index (χ4n) is 6.05. The van der Waals surface area contributed by atoms with Crippen molar-refractivity contribution in [3.05, 3.63) is 83.4 Å². The van der Waals surface area contributed by atoms with E-state index in [1.807, 2.05) is 31.3 Å². The van der Waals surface area contributed by atoms with Gasteiger partial charge in [-0.15, -0.1) is 10.5 Å². The lowest BCUT2D eigenvalue weighted by molar-refractivity contribution is 0.0687. The van der Waals surface area contributed by atoms with Gasteiger partial charge in [0, 0.05) is 23.3 Å². The number of aliphatic imine (C=N–C) groups is 1. The van der Waals surface area contributed by atoms with Crippen LogP contribution >= 0.6 is 10.5 Å². The molecule has 7 rings (SSSR count). The van der Waals surface area contributed by atoms with Crippen molar-refractivity contribution in [2.45, 2.75) is 28.9 Å². The summed E-state index contributed by atoms with van der Waals surface area (Å²) >= 11 is 0. The molecule has 0 radical (unpaired) electrons. The molecule has 5 nitrogen and oxygen atoms in total. The van der Waals surface area contributed by atoms with E-state index in [1.54, 1.807) is 0 Å².